The molecule has 0 bridgehead atoms. The number of halogens is 2. The molecule has 1 aromatic carbocycles. The van der Waals surface area contributed by atoms with Crippen LogP contribution in [0.2, 0.25) is 5.02 Å². The van der Waals surface area contributed by atoms with Crippen LogP contribution in [-0.4, -0.2) is 0 Å². The van der Waals surface area contributed by atoms with Gasteiger partial charge in [-0.2, -0.15) is 0 Å². The second-order valence-corrected chi connectivity index (χ2v) is 4.45. The predicted octanol–water partition coefficient (Wildman–Crippen LogP) is 4.53. The van der Waals surface area contributed by atoms with Crippen LogP contribution < -0.4 is 0 Å². The first-order valence-electron chi connectivity index (χ1n) is 4.82. The minimum Gasteiger partial charge on any atom is -0.206 e. The van der Waals surface area contributed by atoms with Gasteiger partial charge in [-0.15, -0.1) is 0 Å². The molecule has 0 aliphatic carbocycles. The van der Waals surface area contributed by atoms with Crippen molar-refractivity contribution >= 4 is 11.6 Å². The lowest BCUT2D eigenvalue weighted by Gasteiger charge is -2.17. The molecule has 0 saturated carbocycles. The van der Waals surface area contributed by atoms with Crippen LogP contribution >= 0.6 is 11.6 Å². The number of hydrogen-bond donors (Lipinski definition) is 0. The summed E-state index contributed by atoms with van der Waals surface area (Å²) in [6.07, 6.45) is 0. The highest BCUT2D eigenvalue weighted by molar-refractivity contribution is 6.32. The van der Waals surface area contributed by atoms with Crippen LogP contribution in [0.3, 0.4) is 0 Å². The summed E-state index contributed by atoms with van der Waals surface area (Å²) in [5.41, 5.74) is 3.15. The van der Waals surface area contributed by atoms with Crippen molar-refractivity contribution in [3.05, 3.63) is 33.1 Å². The molecule has 14 heavy (non-hydrogen) atoms. The Morgan fingerprint density at radius 2 is 1.50 bits per heavy atom. The van der Waals surface area contributed by atoms with Gasteiger partial charge in [0.2, 0.25) is 0 Å². The van der Waals surface area contributed by atoms with Crippen LogP contribution in [0.25, 0.3) is 0 Å². The predicted molar refractivity (Wildman–Crippen MR) is 59.7 cm³/mol. The van der Waals surface area contributed by atoms with Gasteiger partial charge in [0, 0.05) is 5.02 Å². The lowest BCUT2D eigenvalue weighted by Crippen LogP contribution is -2.02. The van der Waals surface area contributed by atoms with E-state index in [0.29, 0.717) is 11.1 Å². The second-order valence-electron chi connectivity index (χ2n) is 4.07. The van der Waals surface area contributed by atoms with Crippen molar-refractivity contribution in [3.63, 3.8) is 0 Å². The van der Waals surface area contributed by atoms with Crippen molar-refractivity contribution in [2.75, 3.05) is 0 Å². The van der Waals surface area contributed by atoms with Crippen molar-refractivity contribution < 1.29 is 4.39 Å². The summed E-state index contributed by atoms with van der Waals surface area (Å²) < 4.78 is 13.7. The Bertz CT molecular complexity index is 338. The van der Waals surface area contributed by atoms with Crippen molar-refractivity contribution in [2.45, 2.75) is 40.5 Å². The Balaban J connectivity index is 3.60. The average Bonchev–Trinajstić information content (AvgIpc) is 2.11. The largest absolute Gasteiger partial charge is 0.206 e. The zero-order valence-corrected chi connectivity index (χ0v) is 10.1. The van der Waals surface area contributed by atoms with Crippen molar-refractivity contribution in [3.8, 4) is 0 Å². The molecular weight excluding hydrogens is 199 g/mol. The van der Waals surface area contributed by atoms with Crippen LogP contribution in [0.5, 0.6) is 0 Å². The van der Waals surface area contributed by atoms with Crippen molar-refractivity contribution in [1.29, 1.82) is 0 Å². The molecule has 0 fully saturated rings. The Morgan fingerprint density at radius 3 is 1.93 bits per heavy atom. The lowest BCUT2D eigenvalue weighted by molar-refractivity contribution is 0.601. The summed E-state index contributed by atoms with van der Waals surface area (Å²) in [5, 5.41) is 0.719. The van der Waals surface area contributed by atoms with Crippen molar-refractivity contribution in [2.24, 2.45) is 0 Å². The van der Waals surface area contributed by atoms with Gasteiger partial charge < -0.3 is 0 Å². The summed E-state index contributed by atoms with van der Waals surface area (Å²) in [4.78, 5) is 0. The third-order valence-corrected chi connectivity index (χ3v) is 3.26. The molecule has 2 heteroatoms. The Kier molecular flexibility index (Phi) is 3.20. The van der Waals surface area contributed by atoms with Crippen LogP contribution in [0.4, 0.5) is 4.39 Å². The van der Waals surface area contributed by atoms with Gasteiger partial charge in [-0.05, 0) is 48.9 Å². The van der Waals surface area contributed by atoms with Gasteiger partial charge in [0.05, 0.1) is 0 Å². The monoisotopic (exact) mass is 214 g/mol. The highest BCUT2D eigenvalue weighted by atomic mass is 35.5. The quantitative estimate of drug-likeness (QED) is 0.645. The van der Waals surface area contributed by atoms with Gasteiger partial charge in [0.25, 0.3) is 0 Å². The second kappa shape index (κ2) is 3.90. The lowest BCUT2D eigenvalue weighted by atomic mass is 9.92. The first kappa shape index (κ1) is 11.5. The van der Waals surface area contributed by atoms with E-state index >= 15 is 0 Å². The molecule has 0 aromatic heterocycles. The summed E-state index contributed by atoms with van der Waals surface area (Å²) in [5.74, 6) is 0.145. The summed E-state index contributed by atoms with van der Waals surface area (Å²) >= 11 is 6.20. The van der Waals surface area contributed by atoms with Crippen LogP contribution in [0, 0.1) is 26.6 Å². The number of benzene rings is 1. The smallest absolute Gasteiger partial charge is 0.129 e. The molecule has 0 radical (unpaired) electrons. The fraction of sp³-hybridized carbons (Fsp3) is 0.500. The van der Waals surface area contributed by atoms with E-state index < -0.39 is 0 Å². The molecule has 0 saturated heterocycles. The number of rotatable bonds is 1. The highest BCUT2D eigenvalue weighted by Crippen LogP contribution is 2.34. The zero-order valence-electron chi connectivity index (χ0n) is 9.33. The minimum atomic E-state index is -0.115. The summed E-state index contributed by atoms with van der Waals surface area (Å²) in [6.45, 7) is 9.49. The fourth-order valence-corrected chi connectivity index (χ4v) is 2.28. The minimum absolute atomic E-state index is 0.115. The van der Waals surface area contributed by atoms with Crippen molar-refractivity contribution in [1.82, 2.24) is 0 Å². The Hall–Kier alpha value is -0.560. The van der Waals surface area contributed by atoms with Gasteiger partial charge in [-0.1, -0.05) is 25.4 Å². The summed E-state index contributed by atoms with van der Waals surface area (Å²) in [7, 11) is 0. The van der Waals surface area contributed by atoms with Crippen LogP contribution in [-0.2, 0) is 0 Å². The first-order valence-corrected chi connectivity index (χ1v) is 5.20. The SMILES string of the molecule is Cc1c(C)c(Cl)c(C(C)C)c(C)c1F. The molecule has 0 atom stereocenters. The molecule has 78 valence electrons. The molecule has 0 aliphatic rings. The van der Waals surface area contributed by atoms with Gasteiger partial charge in [0.15, 0.2) is 0 Å². The summed E-state index contributed by atoms with van der Waals surface area (Å²) in [6, 6.07) is 0. The Labute approximate surface area is 90.1 Å². The van der Waals surface area contributed by atoms with E-state index in [0.717, 1.165) is 16.1 Å². The van der Waals surface area contributed by atoms with Gasteiger partial charge in [0.1, 0.15) is 5.82 Å². The maximum Gasteiger partial charge on any atom is 0.129 e. The normalized spacial score (nSPS) is 11.1. The van der Waals surface area contributed by atoms with E-state index in [-0.39, 0.29) is 11.7 Å². The number of hydrogen-bond acceptors (Lipinski definition) is 0. The molecule has 1 aromatic rings. The van der Waals surface area contributed by atoms with Crippen LogP contribution in [0.15, 0.2) is 0 Å². The molecule has 0 heterocycles. The maximum absolute atomic E-state index is 13.7. The topological polar surface area (TPSA) is 0 Å². The third kappa shape index (κ3) is 1.66. The van der Waals surface area contributed by atoms with E-state index in [4.69, 9.17) is 11.6 Å². The standard InChI is InChI=1S/C12H16ClF/c1-6(2)10-9(5)12(14)8(4)7(3)11(10)13/h6H,1-5H3. The molecule has 0 unspecified atom stereocenters. The van der Waals surface area contributed by atoms with Gasteiger partial charge >= 0.3 is 0 Å². The zero-order chi connectivity index (χ0) is 11.0. The molecule has 0 aliphatic heterocycles. The van der Waals surface area contributed by atoms with E-state index in [2.05, 4.69) is 0 Å². The average molecular weight is 215 g/mol. The Morgan fingerprint density at radius 1 is 1.00 bits per heavy atom. The van der Waals surface area contributed by atoms with Gasteiger partial charge in [-0.25, -0.2) is 4.39 Å². The van der Waals surface area contributed by atoms with E-state index in [9.17, 15) is 4.39 Å². The van der Waals surface area contributed by atoms with Gasteiger partial charge in [-0.3, -0.25) is 0 Å². The van der Waals surface area contributed by atoms with E-state index in [1.165, 1.54) is 0 Å². The first-order chi connectivity index (χ1) is 6.37. The van der Waals surface area contributed by atoms with E-state index in [1.54, 1.807) is 13.8 Å². The molecule has 0 spiro atoms. The maximum atomic E-state index is 13.7. The molecule has 0 nitrogen and oxygen atoms in total. The molecule has 0 N–H and O–H groups in total. The molecule has 0 amide bonds. The fourth-order valence-electron chi connectivity index (χ4n) is 1.78. The third-order valence-electron chi connectivity index (χ3n) is 2.77. The molecule has 1 rings (SSSR count). The highest BCUT2D eigenvalue weighted by Gasteiger charge is 2.17. The molecular formula is C12H16ClF. The van der Waals surface area contributed by atoms with Crippen LogP contribution in [0.1, 0.15) is 42.0 Å². The van der Waals surface area contributed by atoms with E-state index in [1.807, 2.05) is 20.8 Å².